The molecule has 3 N–H and O–H groups in total. The van der Waals surface area contributed by atoms with Gasteiger partial charge in [-0.15, -0.1) is 0 Å². The molecule has 0 unspecified atom stereocenters. The molecular weight excluding hydrogens is 184 g/mol. The second-order valence-electron chi connectivity index (χ2n) is 3.25. The largest absolute Gasteiger partial charge is 0.383 e. The van der Waals surface area contributed by atoms with Crippen molar-refractivity contribution in [1.82, 2.24) is 9.27 Å². The number of nitrogens with zero attached hydrogens (tertiary/aromatic N) is 2. The number of aromatic nitrogens is 1. The zero-order valence-corrected chi connectivity index (χ0v) is 9.11. The quantitative estimate of drug-likeness (QED) is 0.761. The minimum absolute atomic E-state index is 0.636. The fourth-order valence-electron chi connectivity index (χ4n) is 0.906. The first kappa shape index (κ1) is 10.3. The molecule has 0 amide bonds. The molecule has 5 heteroatoms. The second kappa shape index (κ2) is 4.43. The van der Waals surface area contributed by atoms with E-state index in [1.807, 2.05) is 6.92 Å². The summed E-state index contributed by atoms with van der Waals surface area (Å²) in [5.74, 6) is 0.636. The summed E-state index contributed by atoms with van der Waals surface area (Å²) in [5.41, 5.74) is 6.68. The zero-order chi connectivity index (χ0) is 9.84. The van der Waals surface area contributed by atoms with Gasteiger partial charge in [0.1, 0.15) is 10.8 Å². The zero-order valence-electron chi connectivity index (χ0n) is 8.29. The van der Waals surface area contributed by atoms with Gasteiger partial charge in [-0.2, -0.15) is 4.37 Å². The lowest BCUT2D eigenvalue weighted by molar-refractivity contribution is 0.425. The van der Waals surface area contributed by atoms with Crippen molar-refractivity contribution in [2.75, 3.05) is 38.2 Å². The Labute approximate surface area is 82.9 Å². The summed E-state index contributed by atoms with van der Waals surface area (Å²) >= 11 is 1.42. The first-order chi connectivity index (χ1) is 6.11. The van der Waals surface area contributed by atoms with E-state index in [2.05, 4.69) is 28.7 Å². The van der Waals surface area contributed by atoms with Crippen molar-refractivity contribution < 1.29 is 0 Å². The lowest BCUT2D eigenvalue weighted by Crippen LogP contribution is -2.20. The highest BCUT2D eigenvalue weighted by Crippen LogP contribution is 2.24. The lowest BCUT2D eigenvalue weighted by atomic mass is 10.3. The van der Waals surface area contributed by atoms with Gasteiger partial charge in [-0.05, 0) is 32.6 Å². The first-order valence-electron chi connectivity index (χ1n) is 4.21. The molecule has 4 nitrogen and oxygen atoms in total. The van der Waals surface area contributed by atoms with Crippen molar-refractivity contribution in [1.29, 1.82) is 0 Å². The van der Waals surface area contributed by atoms with Crippen molar-refractivity contribution in [2.24, 2.45) is 0 Å². The number of rotatable bonds is 4. The summed E-state index contributed by atoms with van der Waals surface area (Å²) < 4.78 is 4.06. The third kappa shape index (κ3) is 2.86. The Balaban J connectivity index is 2.41. The van der Waals surface area contributed by atoms with Crippen LogP contribution in [0.25, 0.3) is 0 Å². The van der Waals surface area contributed by atoms with Crippen molar-refractivity contribution in [3.05, 3.63) is 5.56 Å². The van der Waals surface area contributed by atoms with E-state index in [0.717, 1.165) is 23.7 Å². The molecule has 0 saturated heterocycles. The van der Waals surface area contributed by atoms with Crippen LogP contribution < -0.4 is 11.1 Å². The van der Waals surface area contributed by atoms with Crippen LogP contribution >= 0.6 is 11.5 Å². The summed E-state index contributed by atoms with van der Waals surface area (Å²) in [4.78, 5) is 2.13. The number of nitrogens with two attached hydrogens (primary N) is 1. The summed E-state index contributed by atoms with van der Waals surface area (Å²) in [6.07, 6.45) is 0. The molecule has 0 atom stereocenters. The van der Waals surface area contributed by atoms with Crippen LogP contribution in [0, 0.1) is 6.92 Å². The molecule has 1 aromatic rings. The van der Waals surface area contributed by atoms with Crippen LogP contribution in [0.15, 0.2) is 0 Å². The maximum atomic E-state index is 5.62. The van der Waals surface area contributed by atoms with Crippen molar-refractivity contribution in [2.45, 2.75) is 6.92 Å². The smallest absolute Gasteiger partial charge is 0.142 e. The van der Waals surface area contributed by atoms with Crippen LogP contribution in [-0.4, -0.2) is 36.5 Å². The van der Waals surface area contributed by atoms with E-state index in [4.69, 9.17) is 5.73 Å². The molecule has 0 spiro atoms. The first-order valence-corrected chi connectivity index (χ1v) is 4.99. The molecule has 1 aromatic heterocycles. The highest BCUT2D eigenvalue weighted by molar-refractivity contribution is 7.10. The number of hydrogen-bond acceptors (Lipinski definition) is 5. The maximum Gasteiger partial charge on any atom is 0.142 e. The number of nitrogens with one attached hydrogen (secondary N) is 1. The van der Waals surface area contributed by atoms with Gasteiger partial charge in [-0.25, -0.2) is 0 Å². The molecule has 0 fully saturated rings. The van der Waals surface area contributed by atoms with Gasteiger partial charge in [0.05, 0.1) is 0 Å². The average Bonchev–Trinajstić information content (AvgIpc) is 2.35. The summed E-state index contributed by atoms with van der Waals surface area (Å²) in [7, 11) is 4.10. The SMILES string of the molecule is Cc1c(N)nsc1NCCN(C)C. The van der Waals surface area contributed by atoms with Gasteiger partial charge in [0.2, 0.25) is 0 Å². The Morgan fingerprint density at radius 2 is 2.23 bits per heavy atom. The summed E-state index contributed by atoms with van der Waals surface area (Å²) in [6, 6.07) is 0. The number of hydrogen-bond donors (Lipinski definition) is 2. The van der Waals surface area contributed by atoms with Crippen LogP contribution in [0.5, 0.6) is 0 Å². The molecule has 0 aliphatic rings. The molecule has 13 heavy (non-hydrogen) atoms. The highest BCUT2D eigenvalue weighted by Gasteiger charge is 2.04. The van der Waals surface area contributed by atoms with Crippen LogP contribution in [0.1, 0.15) is 5.56 Å². The van der Waals surface area contributed by atoms with Crippen LogP contribution in [-0.2, 0) is 0 Å². The van der Waals surface area contributed by atoms with E-state index < -0.39 is 0 Å². The molecule has 0 saturated carbocycles. The molecule has 1 rings (SSSR count). The average molecular weight is 200 g/mol. The predicted octanol–water partition coefficient (Wildman–Crippen LogP) is 1.01. The summed E-state index contributed by atoms with van der Waals surface area (Å²) in [5, 5.41) is 4.38. The predicted molar refractivity (Wildman–Crippen MR) is 58.3 cm³/mol. The Morgan fingerprint density at radius 1 is 1.54 bits per heavy atom. The Bertz CT molecular complexity index is 269. The van der Waals surface area contributed by atoms with Gasteiger partial charge in [-0.1, -0.05) is 0 Å². The van der Waals surface area contributed by atoms with Gasteiger partial charge in [0, 0.05) is 18.7 Å². The fraction of sp³-hybridized carbons (Fsp3) is 0.625. The minimum Gasteiger partial charge on any atom is -0.383 e. The van der Waals surface area contributed by atoms with Gasteiger partial charge >= 0.3 is 0 Å². The third-order valence-corrected chi connectivity index (χ3v) is 2.73. The van der Waals surface area contributed by atoms with E-state index in [9.17, 15) is 0 Å². The Hall–Kier alpha value is -0.810. The van der Waals surface area contributed by atoms with Crippen LogP contribution in [0.2, 0.25) is 0 Å². The normalized spacial score (nSPS) is 10.8. The van der Waals surface area contributed by atoms with Crippen molar-refractivity contribution in [3.8, 4) is 0 Å². The Kier molecular flexibility index (Phi) is 3.50. The van der Waals surface area contributed by atoms with Crippen molar-refractivity contribution >= 4 is 22.4 Å². The lowest BCUT2D eigenvalue weighted by Gasteiger charge is -2.10. The number of likely N-dealkylation sites (N-methyl/N-ethyl adjacent to an activating group) is 1. The molecule has 0 aliphatic heterocycles. The number of anilines is 2. The molecule has 0 radical (unpaired) electrons. The maximum absolute atomic E-state index is 5.62. The topological polar surface area (TPSA) is 54.2 Å². The summed E-state index contributed by atoms with van der Waals surface area (Å²) in [6.45, 7) is 3.92. The van der Waals surface area contributed by atoms with E-state index in [1.54, 1.807) is 0 Å². The van der Waals surface area contributed by atoms with Crippen molar-refractivity contribution in [3.63, 3.8) is 0 Å². The van der Waals surface area contributed by atoms with E-state index in [1.165, 1.54) is 11.5 Å². The number of nitrogen functional groups attached to an aromatic ring is 1. The highest BCUT2D eigenvalue weighted by atomic mass is 32.1. The van der Waals surface area contributed by atoms with E-state index in [-0.39, 0.29) is 0 Å². The van der Waals surface area contributed by atoms with Gasteiger partial charge < -0.3 is 16.0 Å². The molecular formula is C8H16N4S. The molecule has 74 valence electrons. The minimum atomic E-state index is 0.636. The van der Waals surface area contributed by atoms with E-state index in [0.29, 0.717) is 5.82 Å². The molecule has 1 heterocycles. The van der Waals surface area contributed by atoms with Gasteiger partial charge in [0.25, 0.3) is 0 Å². The van der Waals surface area contributed by atoms with Gasteiger partial charge in [0.15, 0.2) is 0 Å². The standard InChI is InChI=1S/C8H16N4S/c1-6-7(9)11-13-8(6)10-4-5-12(2)3/h10H,4-5H2,1-3H3,(H2,9,11). The monoisotopic (exact) mass is 200 g/mol. The Morgan fingerprint density at radius 3 is 2.69 bits per heavy atom. The molecule has 0 bridgehead atoms. The van der Waals surface area contributed by atoms with E-state index >= 15 is 0 Å². The van der Waals surface area contributed by atoms with Crippen LogP contribution in [0.3, 0.4) is 0 Å². The third-order valence-electron chi connectivity index (χ3n) is 1.80. The molecule has 0 aliphatic carbocycles. The van der Waals surface area contributed by atoms with Gasteiger partial charge in [-0.3, -0.25) is 0 Å². The second-order valence-corrected chi connectivity index (χ2v) is 4.03. The molecule has 0 aromatic carbocycles. The fourth-order valence-corrected chi connectivity index (χ4v) is 1.64. The van der Waals surface area contributed by atoms with Crippen LogP contribution in [0.4, 0.5) is 10.8 Å².